The van der Waals surface area contributed by atoms with Crippen molar-refractivity contribution in [1.29, 1.82) is 0 Å². The SMILES string of the molecule is Cc1ccc(NC(=S)N[C@H]2CC[C@@H](Nc3nccc(N(C)C)n3)CC2)c(Br)c1. The van der Waals surface area contributed by atoms with Gasteiger partial charge in [0.25, 0.3) is 0 Å². The van der Waals surface area contributed by atoms with Crippen molar-refractivity contribution in [3.05, 3.63) is 40.5 Å². The Morgan fingerprint density at radius 2 is 1.86 bits per heavy atom. The monoisotopic (exact) mass is 462 g/mol. The molecule has 6 nitrogen and oxygen atoms in total. The number of hydrogen-bond donors (Lipinski definition) is 3. The number of thiocarbonyl (C=S) groups is 1. The van der Waals surface area contributed by atoms with Crippen LogP contribution < -0.4 is 20.9 Å². The first-order valence-electron chi connectivity index (χ1n) is 9.51. The number of aromatic nitrogens is 2. The molecule has 0 unspecified atom stereocenters. The van der Waals surface area contributed by atoms with Gasteiger partial charge in [-0.05, 0) is 84.5 Å². The van der Waals surface area contributed by atoms with Gasteiger partial charge in [-0.2, -0.15) is 4.98 Å². The summed E-state index contributed by atoms with van der Waals surface area (Å²) in [6.07, 6.45) is 6.03. The molecule has 28 heavy (non-hydrogen) atoms. The Hall–Kier alpha value is -1.93. The van der Waals surface area contributed by atoms with E-state index >= 15 is 0 Å². The maximum atomic E-state index is 5.50. The number of nitrogens with one attached hydrogen (secondary N) is 3. The van der Waals surface area contributed by atoms with Crippen LogP contribution in [0.5, 0.6) is 0 Å². The van der Waals surface area contributed by atoms with E-state index in [-0.39, 0.29) is 0 Å². The Morgan fingerprint density at radius 1 is 1.14 bits per heavy atom. The first-order valence-corrected chi connectivity index (χ1v) is 10.7. The summed E-state index contributed by atoms with van der Waals surface area (Å²) >= 11 is 9.08. The molecular formula is C20H27BrN6S. The molecule has 1 saturated carbocycles. The van der Waals surface area contributed by atoms with Gasteiger partial charge in [0, 0.05) is 36.8 Å². The highest BCUT2D eigenvalue weighted by Gasteiger charge is 2.22. The second kappa shape index (κ2) is 9.52. The van der Waals surface area contributed by atoms with Crippen LogP contribution in [0.4, 0.5) is 17.5 Å². The van der Waals surface area contributed by atoms with Crippen LogP contribution >= 0.6 is 28.1 Å². The topological polar surface area (TPSA) is 65.1 Å². The minimum Gasteiger partial charge on any atom is -0.363 e. The summed E-state index contributed by atoms with van der Waals surface area (Å²) in [5, 5.41) is 10.9. The predicted molar refractivity (Wildman–Crippen MR) is 124 cm³/mol. The lowest BCUT2D eigenvalue weighted by molar-refractivity contribution is 0.387. The van der Waals surface area contributed by atoms with Gasteiger partial charge in [-0.15, -0.1) is 0 Å². The molecule has 3 rings (SSSR count). The zero-order chi connectivity index (χ0) is 20.1. The average molecular weight is 463 g/mol. The van der Waals surface area contributed by atoms with Crippen LogP contribution in [0.1, 0.15) is 31.2 Å². The number of nitrogens with zero attached hydrogens (tertiary/aromatic N) is 3. The van der Waals surface area contributed by atoms with Gasteiger partial charge in [-0.3, -0.25) is 0 Å². The molecule has 1 aliphatic carbocycles. The number of anilines is 3. The van der Waals surface area contributed by atoms with Crippen molar-refractivity contribution >= 4 is 50.7 Å². The third-order valence-corrected chi connectivity index (χ3v) is 5.74. The first kappa shape index (κ1) is 20.8. The first-order chi connectivity index (χ1) is 13.4. The molecule has 0 spiro atoms. The number of halogens is 1. The van der Waals surface area contributed by atoms with Gasteiger partial charge in [-0.25, -0.2) is 4.98 Å². The van der Waals surface area contributed by atoms with Crippen molar-refractivity contribution in [2.75, 3.05) is 29.6 Å². The maximum Gasteiger partial charge on any atom is 0.224 e. The lowest BCUT2D eigenvalue weighted by Crippen LogP contribution is -2.42. The van der Waals surface area contributed by atoms with Crippen LogP contribution in [-0.4, -0.2) is 41.3 Å². The van der Waals surface area contributed by atoms with Crippen LogP contribution in [-0.2, 0) is 0 Å². The van der Waals surface area contributed by atoms with E-state index in [0.29, 0.717) is 23.1 Å². The van der Waals surface area contributed by atoms with E-state index in [1.165, 1.54) is 5.56 Å². The lowest BCUT2D eigenvalue weighted by atomic mass is 9.91. The molecule has 1 aliphatic rings. The van der Waals surface area contributed by atoms with Gasteiger partial charge >= 0.3 is 0 Å². The molecule has 1 heterocycles. The summed E-state index contributed by atoms with van der Waals surface area (Å²) in [6, 6.07) is 8.87. The third kappa shape index (κ3) is 5.78. The van der Waals surface area contributed by atoms with Gasteiger partial charge in [0.2, 0.25) is 5.95 Å². The molecule has 0 bridgehead atoms. The molecule has 0 radical (unpaired) electrons. The van der Waals surface area contributed by atoms with Crippen molar-refractivity contribution in [3.8, 4) is 0 Å². The van der Waals surface area contributed by atoms with Crippen LogP contribution in [0.25, 0.3) is 0 Å². The average Bonchev–Trinajstić information content (AvgIpc) is 2.66. The number of rotatable bonds is 5. The second-order valence-electron chi connectivity index (χ2n) is 7.41. The van der Waals surface area contributed by atoms with Crippen molar-refractivity contribution in [1.82, 2.24) is 15.3 Å². The fourth-order valence-corrected chi connectivity index (χ4v) is 4.17. The molecule has 1 aromatic heterocycles. The zero-order valence-electron chi connectivity index (χ0n) is 16.5. The number of hydrogen-bond acceptors (Lipinski definition) is 5. The minimum atomic E-state index is 0.385. The Balaban J connectivity index is 1.46. The van der Waals surface area contributed by atoms with Crippen LogP contribution in [0.2, 0.25) is 0 Å². The fraction of sp³-hybridized carbons (Fsp3) is 0.450. The fourth-order valence-electron chi connectivity index (χ4n) is 3.30. The third-order valence-electron chi connectivity index (χ3n) is 4.87. The summed E-state index contributed by atoms with van der Waals surface area (Å²) in [5.74, 6) is 1.61. The van der Waals surface area contributed by atoms with Gasteiger partial charge in [-0.1, -0.05) is 6.07 Å². The molecule has 0 atom stereocenters. The van der Waals surface area contributed by atoms with Crippen molar-refractivity contribution in [3.63, 3.8) is 0 Å². The van der Waals surface area contributed by atoms with Crippen LogP contribution in [0.15, 0.2) is 34.9 Å². The van der Waals surface area contributed by atoms with Gasteiger partial charge in [0.1, 0.15) is 5.82 Å². The smallest absolute Gasteiger partial charge is 0.224 e. The minimum absolute atomic E-state index is 0.385. The Labute approximate surface area is 180 Å². The lowest BCUT2D eigenvalue weighted by Gasteiger charge is -2.30. The molecular weight excluding hydrogens is 436 g/mol. The van der Waals surface area contributed by atoms with E-state index in [1.807, 2.05) is 31.1 Å². The molecule has 1 aromatic carbocycles. The summed E-state index contributed by atoms with van der Waals surface area (Å²) in [7, 11) is 3.96. The predicted octanol–water partition coefficient (Wildman–Crippen LogP) is 4.32. The maximum absolute atomic E-state index is 5.50. The van der Waals surface area contributed by atoms with E-state index in [9.17, 15) is 0 Å². The molecule has 0 amide bonds. The van der Waals surface area contributed by atoms with E-state index in [1.54, 1.807) is 6.20 Å². The van der Waals surface area contributed by atoms with Crippen LogP contribution in [0.3, 0.4) is 0 Å². The van der Waals surface area contributed by atoms with Crippen molar-refractivity contribution < 1.29 is 0 Å². The molecule has 3 N–H and O–H groups in total. The molecule has 150 valence electrons. The Morgan fingerprint density at radius 3 is 2.54 bits per heavy atom. The number of aryl methyl sites for hydroxylation is 1. The summed E-state index contributed by atoms with van der Waals surface area (Å²) in [4.78, 5) is 10.9. The number of benzene rings is 1. The van der Waals surface area contributed by atoms with Gasteiger partial charge in [0.05, 0.1) is 5.69 Å². The quantitative estimate of drug-likeness (QED) is 0.571. The van der Waals surface area contributed by atoms with Gasteiger partial charge in [0.15, 0.2) is 5.11 Å². The molecule has 0 aliphatic heterocycles. The van der Waals surface area contributed by atoms with Crippen molar-refractivity contribution in [2.45, 2.75) is 44.7 Å². The highest BCUT2D eigenvalue weighted by Crippen LogP contribution is 2.24. The zero-order valence-corrected chi connectivity index (χ0v) is 18.9. The van der Waals surface area contributed by atoms with E-state index in [2.05, 4.69) is 60.9 Å². The van der Waals surface area contributed by atoms with E-state index < -0.39 is 0 Å². The molecule has 2 aromatic rings. The highest BCUT2D eigenvalue weighted by molar-refractivity contribution is 9.10. The molecule has 1 fully saturated rings. The van der Waals surface area contributed by atoms with Gasteiger partial charge < -0.3 is 20.9 Å². The normalized spacial score (nSPS) is 19.0. The highest BCUT2D eigenvalue weighted by atomic mass is 79.9. The molecule has 8 heteroatoms. The Kier molecular flexibility index (Phi) is 7.07. The molecule has 0 saturated heterocycles. The second-order valence-corrected chi connectivity index (χ2v) is 8.67. The van der Waals surface area contributed by atoms with E-state index in [0.717, 1.165) is 41.7 Å². The summed E-state index contributed by atoms with van der Waals surface area (Å²) in [5.41, 5.74) is 2.19. The Bertz CT molecular complexity index is 820. The van der Waals surface area contributed by atoms with Crippen molar-refractivity contribution in [2.24, 2.45) is 0 Å². The summed E-state index contributed by atoms with van der Waals surface area (Å²) in [6.45, 7) is 2.07. The van der Waals surface area contributed by atoms with E-state index in [4.69, 9.17) is 12.2 Å². The van der Waals surface area contributed by atoms with Crippen LogP contribution in [0, 0.1) is 6.92 Å². The standard InChI is InChI=1S/C20H27BrN6S/c1-13-4-9-17(16(21)12-13)25-20(28)24-15-7-5-14(6-8-15)23-19-22-11-10-18(26-19)27(2)3/h4,9-12,14-15H,5-8H2,1-3H3,(H,22,23,26)(H2,24,25,28)/t14-,15+. The largest absolute Gasteiger partial charge is 0.363 e. The summed E-state index contributed by atoms with van der Waals surface area (Å²) < 4.78 is 1.02.